The number of H-pyrrole nitrogens is 1. The van der Waals surface area contributed by atoms with Crippen molar-refractivity contribution in [2.45, 2.75) is 38.7 Å². The highest BCUT2D eigenvalue weighted by molar-refractivity contribution is 5.70. The summed E-state index contributed by atoms with van der Waals surface area (Å²) in [5, 5.41) is 0. The van der Waals surface area contributed by atoms with Crippen LogP contribution >= 0.6 is 0 Å². The molecule has 0 radical (unpaired) electrons. The van der Waals surface area contributed by atoms with Crippen LogP contribution in [0.15, 0.2) is 11.1 Å². The van der Waals surface area contributed by atoms with Gasteiger partial charge >= 0.3 is 11.9 Å². The maximum Gasteiger partial charge on any atom is 0.303 e. The Bertz CT molecular complexity index is 874. The first-order valence-electron chi connectivity index (χ1n) is 7.53. The summed E-state index contributed by atoms with van der Waals surface area (Å²) < 4.78 is 17.6. The van der Waals surface area contributed by atoms with E-state index < -0.39 is 35.9 Å². The van der Waals surface area contributed by atoms with Crippen molar-refractivity contribution in [2.24, 2.45) is 0 Å². The Balaban J connectivity index is 1.89. The number of ether oxygens (including phenoxy) is 3. The average Bonchev–Trinajstić information content (AvgIpc) is 3.08. The number of rotatable bonds is 4. The lowest BCUT2D eigenvalue weighted by Gasteiger charge is -2.17. The van der Waals surface area contributed by atoms with Crippen LogP contribution in [0.5, 0.6) is 0 Å². The van der Waals surface area contributed by atoms with Gasteiger partial charge in [-0.25, -0.2) is 4.98 Å². The maximum atomic E-state index is 11.9. The monoisotopic (exact) mass is 351 g/mol. The van der Waals surface area contributed by atoms with Crippen molar-refractivity contribution < 1.29 is 23.8 Å². The van der Waals surface area contributed by atoms with Crippen molar-refractivity contribution in [3.63, 3.8) is 0 Å². The molecule has 1 saturated heterocycles. The average molecular weight is 351 g/mol. The largest absolute Gasteiger partial charge is 0.463 e. The molecule has 0 aromatic carbocycles. The molecule has 25 heavy (non-hydrogen) atoms. The number of nitrogens with two attached hydrogens (primary N) is 1. The van der Waals surface area contributed by atoms with E-state index in [2.05, 4.69) is 15.0 Å². The number of imidazole rings is 1. The standard InChI is InChI=1S/C14H17N5O6/c1-6(20)23-4-9-8(24-7(2)21)3-10(25-9)19-5-16-11-12(19)17-14(15)18-13(11)22/h5,8-10H,3-4H2,1-2H3,(H3,15,17,18,22)/t8-,9?,10?/m0/s1. The van der Waals surface area contributed by atoms with Crippen LogP contribution in [0.2, 0.25) is 0 Å². The molecule has 0 spiro atoms. The van der Waals surface area contributed by atoms with Gasteiger partial charge in [0.2, 0.25) is 5.95 Å². The van der Waals surface area contributed by atoms with Crippen LogP contribution in [0, 0.1) is 0 Å². The summed E-state index contributed by atoms with van der Waals surface area (Å²) in [5.41, 5.74) is 5.48. The Hall–Kier alpha value is -2.95. The van der Waals surface area contributed by atoms with E-state index in [4.69, 9.17) is 19.9 Å². The Morgan fingerprint density at radius 2 is 2.20 bits per heavy atom. The summed E-state index contributed by atoms with van der Waals surface area (Å²) in [7, 11) is 0. The molecule has 0 amide bonds. The number of hydrogen-bond donors (Lipinski definition) is 2. The molecule has 11 nitrogen and oxygen atoms in total. The third-order valence-electron chi connectivity index (χ3n) is 3.71. The molecule has 3 atom stereocenters. The second kappa shape index (κ2) is 6.51. The fraction of sp³-hybridized carbons (Fsp3) is 0.500. The molecule has 3 N–H and O–H groups in total. The number of esters is 2. The second-order valence-electron chi connectivity index (χ2n) is 5.59. The Morgan fingerprint density at radius 3 is 2.88 bits per heavy atom. The molecule has 3 rings (SSSR count). The van der Waals surface area contributed by atoms with Crippen molar-refractivity contribution in [1.82, 2.24) is 19.5 Å². The number of aromatic amines is 1. The normalized spacial score (nSPS) is 22.9. The summed E-state index contributed by atoms with van der Waals surface area (Å²) in [4.78, 5) is 44.6. The van der Waals surface area contributed by atoms with Crippen LogP contribution < -0.4 is 11.3 Å². The molecular formula is C14H17N5O6. The molecule has 3 heterocycles. The molecule has 11 heteroatoms. The van der Waals surface area contributed by atoms with Gasteiger partial charge in [0.1, 0.15) is 25.0 Å². The van der Waals surface area contributed by atoms with Gasteiger partial charge in [-0.05, 0) is 0 Å². The maximum absolute atomic E-state index is 11.9. The summed E-state index contributed by atoms with van der Waals surface area (Å²) in [6, 6.07) is 0. The number of hydrogen-bond acceptors (Lipinski definition) is 9. The lowest BCUT2D eigenvalue weighted by atomic mass is 10.2. The van der Waals surface area contributed by atoms with Gasteiger partial charge in [0.25, 0.3) is 5.56 Å². The van der Waals surface area contributed by atoms with Gasteiger partial charge in [-0.3, -0.25) is 23.9 Å². The van der Waals surface area contributed by atoms with Gasteiger partial charge in [-0.1, -0.05) is 0 Å². The van der Waals surface area contributed by atoms with Crippen LogP contribution in [0.3, 0.4) is 0 Å². The summed E-state index contributed by atoms with van der Waals surface area (Å²) in [6.07, 6.45) is -0.182. The topological polar surface area (TPSA) is 151 Å². The highest BCUT2D eigenvalue weighted by Gasteiger charge is 2.40. The minimum atomic E-state index is -0.644. The van der Waals surface area contributed by atoms with Crippen molar-refractivity contribution in [2.75, 3.05) is 12.3 Å². The molecule has 1 fully saturated rings. The smallest absolute Gasteiger partial charge is 0.303 e. The summed E-state index contributed by atoms with van der Waals surface area (Å²) >= 11 is 0. The van der Waals surface area contributed by atoms with Crippen molar-refractivity contribution in [1.29, 1.82) is 0 Å². The first kappa shape index (κ1) is 16.9. The number of anilines is 1. The summed E-state index contributed by atoms with van der Waals surface area (Å²) in [5.74, 6) is -0.996. The van der Waals surface area contributed by atoms with Gasteiger partial charge in [-0.15, -0.1) is 0 Å². The zero-order valence-corrected chi connectivity index (χ0v) is 13.6. The van der Waals surface area contributed by atoms with E-state index in [1.165, 1.54) is 24.7 Å². The number of fused-ring (bicyclic) bond motifs is 1. The second-order valence-corrected chi connectivity index (χ2v) is 5.59. The molecule has 1 aliphatic heterocycles. The molecule has 0 bridgehead atoms. The van der Waals surface area contributed by atoms with Gasteiger partial charge < -0.3 is 19.9 Å². The van der Waals surface area contributed by atoms with Gasteiger partial charge in [0, 0.05) is 20.3 Å². The zero-order chi connectivity index (χ0) is 18.1. The number of carbonyl (C=O) groups is 2. The highest BCUT2D eigenvalue weighted by atomic mass is 16.6. The number of nitrogen functional groups attached to an aromatic ring is 1. The first-order valence-corrected chi connectivity index (χ1v) is 7.53. The van der Waals surface area contributed by atoms with Crippen LogP contribution in [0.1, 0.15) is 26.5 Å². The summed E-state index contributed by atoms with van der Waals surface area (Å²) in [6.45, 7) is 2.49. The van der Waals surface area contributed by atoms with Gasteiger partial charge in [0.05, 0.1) is 6.33 Å². The van der Waals surface area contributed by atoms with E-state index in [0.29, 0.717) is 0 Å². The third kappa shape index (κ3) is 3.45. The van der Waals surface area contributed by atoms with Crippen LogP contribution in [-0.4, -0.2) is 50.3 Å². The van der Waals surface area contributed by atoms with E-state index in [9.17, 15) is 14.4 Å². The number of aromatic nitrogens is 4. The van der Waals surface area contributed by atoms with Crippen molar-refractivity contribution in [3.05, 3.63) is 16.7 Å². The fourth-order valence-electron chi connectivity index (χ4n) is 2.71. The van der Waals surface area contributed by atoms with Crippen LogP contribution in [0.25, 0.3) is 11.2 Å². The molecule has 134 valence electrons. The SMILES string of the molecule is CC(=O)OCC1OC(n2cnc3c(=O)[nH]c(N)nc32)C[C@@H]1OC(C)=O. The fourth-order valence-corrected chi connectivity index (χ4v) is 2.71. The Morgan fingerprint density at radius 1 is 1.44 bits per heavy atom. The van der Waals surface area contributed by atoms with E-state index in [1.54, 1.807) is 0 Å². The molecule has 2 aromatic rings. The molecule has 0 aliphatic carbocycles. The Kier molecular flexibility index (Phi) is 4.40. The Labute approximate surface area is 141 Å². The van der Waals surface area contributed by atoms with Crippen LogP contribution in [-0.2, 0) is 23.8 Å². The predicted molar refractivity (Wildman–Crippen MR) is 83.3 cm³/mol. The van der Waals surface area contributed by atoms with E-state index in [0.717, 1.165) is 0 Å². The van der Waals surface area contributed by atoms with Crippen molar-refractivity contribution in [3.8, 4) is 0 Å². The predicted octanol–water partition coefficient (Wildman–Crippen LogP) is -0.516. The zero-order valence-electron chi connectivity index (χ0n) is 13.6. The van der Waals surface area contributed by atoms with E-state index in [1.807, 2.05) is 0 Å². The molecule has 0 saturated carbocycles. The molecule has 1 aliphatic rings. The van der Waals surface area contributed by atoms with Gasteiger partial charge in [0.15, 0.2) is 11.2 Å². The first-order chi connectivity index (χ1) is 11.8. The lowest BCUT2D eigenvalue weighted by molar-refractivity contribution is -0.155. The van der Waals surface area contributed by atoms with Gasteiger partial charge in [-0.2, -0.15) is 4.98 Å². The number of carbonyl (C=O) groups excluding carboxylic acids is 2. The molecule has 2 unspecified atom stereocenters. The molecule has 2 aromatic heterocycles. The molecular weight excluding hydrogens is 334 g/mol. The lowest BCUT2D eigenvalue weighted by Crippen LogP contribution is -2.31. The highest BCUT2D eigenvalue weighted by Crippen LogP contribution is 2.32. The van der Waals surface area contributed by atoms with Crippen LogP contribution in [0.4, 0.5) is 5.95 Å². The number of nitrogens with zero attached hydrogens (tertiary/aromatic N) is 3. The van der Waals surface area contributed by atoms with E-state index >= 15 is 0 Å². The number of nitrogens with one attached hydrogen (secondary N) is 1. The van der Waals surface area contributed by atoms with Crippen molar-refractivity contribution >= 4 is 29.1 Å². The third-order valence-corrected chi connectivity index (χ3v) is 3.71. The quantitative estimate of drug-likeness (QED) is 0.693. The minimum absolute atomic E-state index is 0.0507. The van der Waals surface area contributed by atoms with E-state index in [-0.39, 0.29) is 30.1 Å². The minimum Gasteiger partial charge on any atom is -0.463 e.